The molecule has 1 atom stereocenters. The van der Waals surface area contributed by atoms with E-state index >= 15 is 0 Å². The van der Waals surface area contributed by atoms with E-state index in [4.69, 9.17) is 5.11 Å². The van der Waals surface area contributed by atoms with Crippen LogP contribution in [0.15, 0.2) is 11.4 Å². The van der Waals surface area contributed by atoms with Gasteiger partial charge in [-0.05, 0) is 6.07 Å². The number of carbonyl (C=O) groups is 2. The molecule has 15 heavy (non-hydrogen) atoms. The lowest BCUT2D eigenvalue weighted by atomic mass is 10.1. The summed E-state index contributed by atoms with van der Waals surface area (Å²) in [5.41, 5.74) is 0.481. The van der Waals surface area contributed by atoms with E-state index in [1.54, 1.807) is 11.4 Å². The molecule has 1 aromatic rings. The summed E-state index contributed by atoms with van der Waals surface area (Å²) in [7, 11) is 1.32. The molecule has 1 heterocycles. The van der Waals surface area contributed by atoms with Crippen LogP contribution in [0.25, 0.3) is 0 Å². The number of rotatable bonds is 4. The Morgan fingerprint density at radius 1 is 1.60 bits per heavy atom. The number of ether oxygens (including phenoxy) is 1. The van der Waals surface area contributed by atoms with E-state index in [0.717, 1.165) is 4.88 Å². The van der Waals surface area contributed by atoms with Crippen molar-refractivity contribution < 1.29 is 19.4 Å². The minimum absolute atomic E-state index is 0.0706. The maximum Gasteiger partial charge on any atom is 0.338 e. The Bertz CT molecular complexity index is 369. The van der Waals surface area contributed by atoms with Gasteiger partial charge in [-0.1, -0.05) is 6.92 Å². The minimum Gasteiger partial charge on any atom is -0.481 e. The Hall–Kier alpha value is -1.36. The number of hydrogen-bond acceptors (Lipinski definition) is 4. The van der Waals surface area contributed by atoms with Crippen molar-refractivity contribution in [3.8, 4) is 0 Å². The first-order chi connectivity index (χ1) is 7.04. The van der Waals surface area contributed by atoms with Crippen molar-refractivity contribution in [1.82, 2.24) is 0 Å². The molecule has 5 heteroatoms. The van der Waals surface area contributed by atoms with Crippen molar-refractivity contribution in [1.29, 1.82) is 0 Å². The van der Waals surface area contributed by atoms with Gasteiger partial charge in [-0.2, -0.15) is 0 Å². The molecule has 0 radical (unpaired) electrons. The van der Waals surface area contributed by atoms with Crippen LogP contribution in [0.2, 0.25) is 0 Å². The van der Waals surface area contributed by atoms with Gasteiger partial charge in [0.15, 0.2) is 0 Å². The zero-order valence-electron chi connectivity index (χ0n) is 8.52. The Labute approximate surface area is 91.5 Å². The van der Waals surface area contributed by atoms with Gasteiger partial charge in [-0.3, -0.25) is 4.79 Å². The lowest BCUT2D eigenvalue weighted by Gasteiger charge is -2.04. The maximum atomic E-state index is 11.1. The molecule has 0 aliphatic rings. The average molecular weight is 228 g/mol. The molecule has 1 unspecified atom stereocenters. The van der Waals surface area contributed by atoms with E-state index in [-0.39, 0.29) is 18.3 Å². The van der Waals surface area contributed by atoms with Crippen molar-refractivity contribution in [2.45, 2.75) is 19.3 Å². The lowest BCUT2D eigenvalue weighted by Crippen LogP contribution is -2.02. The van der Waals surface area contributed by atoms with E-state index < -0.39 is 5.97 Å². The summed E-state index contributed by atoms with van der Waals surface area (Å²) in [5, 5.41) is 10.3. The zero-order valence-corrected chi connectivity index (χ0v) is 9.34. The monoisotopic (exact) mass is 228 g/mol. The minimum atomic E-state index is -0.837. The van der Waals surface area contributed by atoms with Crippen LogP contribution in [0.4, 0.5) is 0 Å². The predicted molar refractivity (Wildman–Crippen MR) is 56.3 cm³/mol. The predicted octanol–water partition coefficient (Wildman–Crippen LogP) is 2.11. The second-order valence-electron chi connectivity index (χ2n) is 3.23. The third-order valence-corrected chi connectivity index (χ3v) is 3.17. The third kappa shape index (κ3) is 3.06. The first kappa shape index (κ1) is 11.7. The van der Waals surface area contributed by atoms with Gasteiger partial charge in [0, 0.05) is 16.2 Å². The Morgan fingerprint density at radius 3 is 2.80 bits per heavy atom. The zero-order chi connectivity index (χ0) is 11.4. The molecular formula is C10H12O4S. The number of aliphatic carboxylic acids is 1. The molecule has 82 valence electrons. The number of methoxy groups -OCH3 is 1. The molecule has 1 aromatic heterocycles. The summed E-state index contributed by atoms with van der Waals surface area (Å²) in [6, 6.07) is 1.68. The van der Waals surface area contributed by atoms with Crippen molar-refractivity contribution in [2.75, 3.05) is 7.11 Å². The number of carboxylic acids is 1. The van der Waals surface area contributed by atoms with Crippen LogP contribution in [0.3, 0.4) is 0 Å². The summed E-state index contributed by atoms with van der Waals surface area (Å²) >= 11 is 1.38. The van der Waals surface area contributed by atoms with Gasteiger partial charge in [0.2, 0.25) is 0 Å². The Kier molecular flexibility index (Phi) is 3.85. The number of carbonyl (C=O) groups excluding carboxylic acids is 1. The number of esters is 1. The van der Waals surface area contributed by atoms with Gasteiger partial charge >= 0.3 is 11.9 Å². The topological polar surface area (TPSA) is 63.6 Å². The van der Waals surface area contributed by atoms with Crippen LogP contribution in [0.1, 0.15) is 34.5 Å². The Morgan fingerprint density at radius 2 is 2.27 bits per heavy atom. The summed E-state index contributed by atoms with van der Waals surface area (Å²) in [6.45, 7) is 1.82. The molecule has 0 aromatic carbocycles. The number of thiophene rings is 1. The highest BCUT2D eigenvalue weighted by Crippen LogP contribution is 2.26. The second kappa shape index (κ2) is 4.93. The van der Waals surface area contributed by atoms with Crippen molar-refractivity contribution >= 4 is 23.3 Å². The summed E-state index contributed by atoms with van der Waals surface area (Å²) < 4.78 is 4.56. The highest BCUT2D eigenvalue weighted by Gasteiger charge is 2.15. The van der Waals surface area contributed by atoms with E-state index in [9.17, 15) is 9.59 Å². The molecular weight excluding hydrogens is 216 g/mol. The van der Waals surface area contributed by atoms with Crippen LogP contribution in [0, 0.1) is 0 Å². The molecule has 0 aliphatic heterocycles. The fourth-order valence-corrected chi connectivity index (χ4v) is 2.14. The first-order valence-corrected chi connectivity index (χ1v) is 5.31. The summed E-state index contributed by atoms with van der Waals surface area (Å²) in [5.74, 6) is -1.30. The van der Waals surface area contributed by atoms with Gasteiger partial charge in [-0.25, -0.2) is 4.79 Å². The van der Waals surface area contributed by atoms with E-state index in [0.29, 0.717) is 5.56 Å². The smallest absolute Gasteiger partial charge is 0.338 e. The molecule has 0 amide bonds. The highest BCUT2D eigenvalue weighted by atomic mass is 32.1. The first-order valence-electron chi connectivity index (χ1n) is 4.43. The van der Waals surface area contributed by atoms with Crippen molar-refractivity contribution in [2.24, 2.45) is 0 Å². The molecule has 0 aliphatic carbocycles. The SMILES string of the molecule is COC(=O)c1csc(C(C)CC(=O)O)c1. The fourth-order valence-electron chi connectivity index (χ4n) is 1.20. The van der Waals surface area contributed by atoms with Crippen LogP contribution < -0.4 is 0 Å². The number of carboxylic acid groups (broad SMARTS) is 1. The quantitative estimate of drug-likeness (QED) is 0.802. The molecule has 0 saturated carbocycles. The van der Waals surface area contributed by atoms with Gasteiger partial charge in [-0.15, -0.1) is 11.3 Å². The largest absolute Gasteiger partial charge is 0.481 e. The molecule has 4 nitrogen and oxygen atoms in total. The fraction of sp³-hybridized carbons (Fsp3) is 0.400. The van der Waals surface area contributed by atoms with Crippen LogP contribution in [0.5, 0.6) is 0 Å². The third-order valence-electron chi connectivity index (χ3n) is 2.01. The second-order valence-corrected chi connectivity index (χ2v) is 4.17. The van der Waals surface area contributed by atoms with Crippen molar-refractivity contribution in [3.63, 3.8) is 0 Å². The van der Waals surface area contributed by atoms with Gasteiger partial charge < -0.3 is 9.84 Å². The van der Waals surface area contributed by atoms with Gasteiger partial charge in [0.05, 0.1) is 19.1 Å². The molecule has 0 fully saturated rings. The highest BCUT2D eigenvalue weighted by molar-refractivity contribution is 7.10. The van der Waals surface area contributed by atoms with Crippen molar-refractivity contribution in [3.05, 3.63) is 21.9 Å². The molecule has 1 rings (SSSR count). The number of hydrogen-bond donors (Lipinski definition) is 1. The van der Waals surface area contributed by atoms with E-state index in [1.807, 2.05) is 6.92 Å². The van der Waals surface area contributed by atoms with Crippen LogP contribution in [-0.2, 0) is 9.53 Å². The molecule has 1 N–H and O–H groups in total. The lowest BCUT2D eigenvalue weighted by molar-refractivity contribution is -0.137. The molecule has 0 saturated heterocycles. The van der Waals surface area contributed by atoms with E-state index in [1.165, 1.54) is 18.4 Å². The maximum absolute atomic E-state index is 11.1. The van der Waals surface area contributed by atoms with Gasteiger partial charge in [0.25, 0.3) is 0 Å². The Balaban J connectivity index is 2.75. The standard InChI is InChI=1S/C10H12O4S/c1-6(3-9(11)12)8-4-7(5-15-8)10(13)14-2/h4-6H,3H2,1-2H3,(H,11,12). The normalized spacial score (nSPS) is 12.1. The summed E-state index contributed by atoms with van der Waals surface area (Å²) in [6.07, 6.45) is 0.0706. The molecule has 0 spiro atoms. The average Bonchev–Trinajstić information content (AvgIpc) is 2.64. The van der Waals surface area contributed by atoms with E-state index in [2.05, 4.69) is 4.74 Å². The van der Waals surface area contributed by atoms with Gasteiger partial charge in [0.1, 0.15) is 0 Å². The summed E-state index contributed by atoms with van der Waals surface area (Å²) in [4.78, 5) is 22.5. The van der Waals surface area contributed by atoms with Crippen LogP contribution in [-0.4, -0.2) is 24.2 Å². The molecule has 0 bridgehead atoms. The van der Waals surface area contributed by atoms with Crippen LogP contribution >= 0.6 is 11.3 Å².